The normalized spacial score (nSPS) is 10.3. The molecule has 0 aliphatic heterocycles. The second kappa shape index (κ2) is 7.31. The van der Waals surface area contributed by atoms with Crippen molar-refractivity contribution in [3.8, 4) is 11.8 Å². The molecule has 0 atom stereocenters. The molecule has 100 valence electrons. The number of benzene rings is 2. The summed E-state index contributed by atoms with van der Waals surface area (Å²) < 4.78 is 0. The molecule has 0 amide bonds. The molecule has 0 aliphatic carbocycles. The summed E-state index contributed by atoms with van der Waals surface area (Å²) in [4.78, 5) is 4.56. The average Bonchev–Trinajstić information content (AvgIpc) is 2.48. The molecule has 1 heteroatoms. The van der Waals surface area contributed by atoms with Crippen molar-refractivity contribution in [2.45, 2.75) is 26.7 Å². The van der Waals surface area contributed by atoms with Crippen LogP contribution in [-0.2, 0) is 0 Å². The van der Waals surface area contributed by atoms with Gasteiger partial charge in [0.05, 0.1) is 11.3 Å². The van der Waals surface area contributed by atoms with Crippen molar-refractivity contribution in [1.82, 2.24) is 0 Å². The lowest BCUT2D eigenvalue weighted by Gasteiger charge is -1.98. The van der Waals surface area contributed by atoms with Crippen LogP contribution in [0.1, 0.15) is 36.5 Å². The Kier molecular flexibility index (Phi) is 5.15. The van der Waals surface area contributed by atoms with E-state index in [9.17, 15) is 0 Å². The topological polar surface area (TPSA) is 12.4 Å². The summed E-state index contributed by atoms with van der Waals surface area (Å²) in [6, 6.07) is 16.3. The molecule has 2 rings (SSSR count). The highest BCUT2D eigenvalue weighted by molar-refractivity contribution is 5.82. The van der Waals surface area contributed by atoms with Crippen molar-refractivity contribution in [3.05, 3.63) is 65.2 Å². The molecular weight excluding hydrogens is 242 g/mol. The van der Waals surface area contributed by atoms with Crippen LogP contribution in [0.15, 0.2) is 53.5 Å². The van der Waals surface area contributed by atoms with Crippen LogP contribution in [0.5, 0.6) is 0 Å². The molecule has 2 aromatic carbocycles. The Morgan fingerprint density at radius 1 is 1.05 bits per heavy atom. The Balaban J connectivity index is 2.21. The molecule has 0 saturated carbocycles. The summed E-state index contributed by atoms with van der Waals surface area (Å²) in [5, 5.41) is 0. The first-order chi connectivity index (χ1) is 9.79. The number of para-hydroxylation sites is 1. The maximum Gasteiger partial charge on any atom is 0.0786 e. The number of nitrogens with zero attached hydrogens (tertiary/aromatic N) is 1. The van der Waals surface area contributed by atoms with Gasteiger partial charge in [-0.1, -0.05) is 60.7 Å². The largest absolute Gasteiger partial charge is 0.255 e. The van der Waals surface area contributed by atoms with E-state index in [1.165, 1.54) is 5.56 Å². The van der Waals surface area contributed by atoms with Gasteiger partial charge < -0.3 is 0 Å². The summed E-state index contributed by atoms with van der Waals surface area (Å²) in [5.41, 5.74) is 4.28. The standard InChI is InChI=1S/C19H19N/c1-3-4-5-8-18-9-6-7-10-19(18)20-15-17-13-11-16(2)12-14-17/h6-7,9-15H,3-4H2,1-2H3. The molecule has 0 saturated heterocycles. The summed E-state index contributed by atoms with van der Waals surface area (Å²) >= 11 is 0. The van der Waals surface area contributed by atoms with Crippen LogP contribution in [0.3, 0.4) is 0 Å². The van der Waals surface area contributed by atoms with E-state index in [1.807, 2.05) is 30.5 Å². The first-order valence-electron chi connectivity index (χ1n) is 6.98. The van der Waals surface area contributed by atoms with Gasteiger partial charge in [-0.2, -0.15) is 0 Å². The SMILES string of the molecule is CCCC#Cc1ccccc1N=Cc1ccc(C)cc1. The van der Waals surface area contributed by atoms with E-state index in [-0.39, 0.29) is 0 Å². The Morgan fingerprint density at radius 2 is 1.80 bits per heavy atom. The molecule has 0 fully saturated rings. The van der Waals surface area contributed by atoms with Crippen LogP contribution in [0.25, 0.3) is 0 Å². The maximum absolute atomic E-state index is 4.56. The summed E-state index contributed by atoms with van der Waals surface area (Å²) in [7, 11) is 0. The predicted octanol–water partition coefficient (Wildman–Crippen LogP) is 4.90. The first-order valence-corrected chi connectivity index (χ1v) is 6.98. The van der Waals surface area contributed by atoms with Crippen LogP contribution < -0.4 is 0 Å². The molecule has 0 unspecified atom stereocenters. The highest BCUT2D eigenvalue weighted by Gasteiger charge is 1.95. The lowest BCUT2D eigenvalue weighted by Crippen LogP contribution is -1.82. The summed E-state index contributed by atoms with van der Waals surface area (Å²) in [5.74, 6) is 6.37. The zero-order chi connectivity index (χ0) is 14.2. The van der Waals surface area contributed by atoms with E-state index < -0.39 is 0 Å². The number of unbranched alkanes of at least 4 members (excludes halogenated alkanes) is 1. The number of aryl methyl sites for hydroxylation is 1. The summed E-state index contributed by atoms with van der Waals surface area (Å²) in [6.07, 6.45) is 3.90. The third-order valence-electron chi connectivity index (χ3n) is 2.93. The fourth-order valence-electron chi connectivity index (χ4n) is 1.77. The molecule has 1 nitrogen and oxygen atoms in total. The lowest BCUT2D eigenvalue weighted by molar-refractivity contribution is 0.983. The van der Waals surface area contributed by atoms with Gasteiger partial charge in [0.2, 0.25) is 0 Å². The van der Waals surface area contributed by atoms with E-state index >= 15 is 0 Å². The van der Waals surface area contributed by atoms with Crippen molar-refractivity contribution >= 4 is 11.9 Å². The van der Waals surface area contributed by atoms with E-state index in [0.717, 1.165) is 29.7 Å². The van der Waals surface area contributed by atoms with Crippen LogP contribution >= 0.6 is 0 Å². The van der Waals surface area contributed by atoms with E-state index in [4.69, 9.17) is 0 Å². The molecule has 2 aromatic rings. The van der Waals surface area contributed by atoms with E-state index in [0.29, 0.717) is 0 Å². The monoisotopic (exact) mass is 261 g/mol. The number of hydrogen-bond acceptors (Lipinski definition) is 1. The molecule has 0 aromatic heterocycles. The molecular formula is C19H19N. The van der Waals surface area contributed by atoms with Crippen LogP contribution in [-0.4, -0.2) is 6.21 Å². The van der Waals surface area contributed by atoms with Crippen molar-refractivity contribution in [3.63, 3.8) is 0 Å². The second-order valence-electron chi connectivity index (χ2n) is 4.74. The summed E-state index contributed by atoms with van der Waals surface area (Å²) in [6.45, 7) is 4.22. The lowest BCUT2D eigenvalue weighted by atomic mass is 10.1. The predicted molar refractivity (Wildman–Crippen MR) is 86.7 cm³/mol. The highest BCUT2D eigenvalue weighted by Crippen LogP contribution is 2.17. The molecule has 0 spiro atoms. The zero-order valence-electron chi connectivity index (χ0n) is 12.1. The van der Waals surface area contributed by atoms with Crippen LogP contribution in [0.4, 0.5) is 5.69 Å². The molecule has 0 N–H and O–H groups in total. The number of hydrogen-bond donors (Lipinski definition) is 0. The van der Waals surface area contributed by atoms with E-state index in [2.05, 4.69) is 54.9 Å². The van der Waals surface area contributed by atoms with Gasteiger partial charge in [-0.25, -0.2) is 0 Å². The Labute approximate surface area is 121 Å². The molecule has 0 radical (unpaired) electrons. The minimum Gasteiger partial charge on any atom is -0.255 e. The minimum absolute atomic E-state index is 0.927. The van der Waals surface area contributed by atoms with Gasteiger partial charge in [-0.05, 0) is 31.0 Å². The van der Waals surface area contributed by atoms with Gasteiger partial charge in [-0.3, -0.25) is 4.99 Å². The average molecular weight is 261 g/mol. The quantitative estimate of drug-likeness (QED) is 0.550. The van der Waals surface area contributed by atoms with Gasteiger partial charge in [-0.15, -0.1) is 0 Å². The van der Waals surface area contributed by atoms with Crippen LogP contribution in [0.2, 0.25) is 0 Å². The van der Waals surface area contributed by atoms with Crippen molar-refractivity contribution in [1.29, 1.82) is 0 Å². The third kappa shape index (κ3) is 4.10. The molecule has 0 heterocycles. The Hall–Kier alpha value is -2.33. The first kappa shape index (κ1) is 14.1. The smallest absolute Gasteiger partial charge is 0.0786 e. The zero-order valence-corrected chi connectivity index (χ0v) is 12.1. The third-order valence-corrected chi connectivity index (χ3v) is 2.93. The molecule has 0 aliphatic rings. The fourth-order valence-corrected chi connectivity index (χ4v) is 1.77. The fraction of sp³-hybridized carbons (Fsp3) is 0.211. The Bertz CT molecular complexity index is 639. The van der Waals surface area contributed by atoms with Gasteiger partial charge in [0.15, 0.2) is 0 Å². The van der Waals surface area contributed by atoms with Gasteiger partial charge in [0, 0.05) is 12.6 Å². The van der Waals surface area contributed by atoms with Crippen molar-refractivity contribution in [2.75, 3.05) is 0 Å². The highest BCUT2D eigenvalue weighted by atomic mass is 14.7. The van der Waals surface area contributed by atoms with Crippen molar-refractivity contribution in [2.24, 2.45) is 4.99 Å². The second-order valence-corrected chi connectivity index (χ2v) is 4.74. The maximum atomic E-state index is 4.56. The van der Waals surface area contributed by atoms with Gasteiger partial charge in [0.1, 0.15) is 0 Å². The number of aliphatic imine (C=N–C) groups is 1. The molecule has 0 bridgehead atoms. The van der Waals surface area contributed by atoms with Crippen molar-refractivity contribution < 1.29 is 0 Å². The Morgan fingerprint density at radius 3 is 2.55 bits per heavy atom. The van der Waals surface area contributed by atoms with E-state index in [1.54, 1.807) is 0 Å². The van der Waals surface area contributed by atoms with Gasteiger partial charge >= 0.3 is 0 Å². The van der Waals surface area contributed by atoms with Gasteiger partial charge in [0.25, 0.3) is 0 Å². The molecule has 20 heavy (non-hydrogen) atoms. The number of rotatable bonds is 3. The van der Waals surface area contributed by atoms with Crippen LogP contribution in [0, 0.1) is 18.8 Å². The minimum atomic E-state index is 0.927.